The molecule has 164 valence electrons. The monoisotopic (exact) mass is 488 g/mol. The lowest BCUT2D eigenvalue weighted by molar-refractivity contribution is 0.0922. The predicted octanol–water partition coefficient (Wildman–Crippen LogP) is 6.56. The average molecular weight is 490 g/mol. The van der Waals surface area contributed by atoms with E-state index in [1.54, 1.807) is 42.5 Å². The second-order valence-corrected chi connectivity index (χ2v) is 8.79. The largest absolute Gasteiger partial charge is 0.438 e. The summed E-state index contributed by atoms with van der Waals surface area (Å²) in [4.78, 5) is 13.1. The molecule has 1 aliphatic rings. The van der Waals surface area contributed by atoms with Crippen molar-refractivity contribution in [3.63, 3.8) is 0 Å². The van der Waals surface area contributed by atoms with E-state index in [1.165, 1.54) is 11.1 Å². The molecule has 4 rings (SSSR count). The zero-order chi connectivity index (χ0) is 22.7. The Kier molecular flexibility index (Phi) is 6.90. The summed E-state index contributed by atoms with van der Waals surface area (Å²) < 4.78 is 7.34. The van der Waals surface area contributed by atoms with Crippen LogP contribution in [0.15, 0.2) is 42.5 Å². The van der Waals surface area contributed by atoms with E-state index in [2.05, 4.69) is 16.5 Å². The van der Waals surface area contributed by atoms with E-state index in [0.29, 0.717) is 26.5 Å². The van der Waals surface area contributed by atoms with Gasteiger partial charge in [0.15, 0.2) is 5.69 Å². The van der Waals surface area contributed by atoms with E-state index < -0.39 is 5.91 Å². The second kappa shape index (κ2) is 9.83. The van der Waals surface area contributed by atoms with Crippen molar-refractivity contribution in [1.29, 1.82) is 5.26 Å². The molecule has 1 aliphatic carbocycles. The molecular formula is C23H19Cl3N4O2. The van der Waals surface area contributed by atoms with Crippen LogP contribution in [0.25, 0.3) is 5.69 Å². The Morgan fingerprint density at radius 1 is 1.06 bits per heavy atom. The van der Waals surface area contributed by atoms with Crippen LogP contribution in [-0.4, -0.2) is 21.7 Å². The molecule has 1 saturated carbocycles. The van der Waals surface area contributed by atoms with E-state index in [1.807, 2.05) is 0 Å². The maximum atomic E-state index is 13.1. The van der Waals surface area contributed by atoms with Crippen molar-refractivity contribution in [3.05, 3.63) is 68.8 Å². The number of carbonyl (C=O) groups excluding carboxylic acids is 1. The molecule has 0 aliphatic heterocycles. The number of nitrogens with zero attached hydrogens (tertiary/aromatic N) is 3. The number of ether oxygens (including phenoxy) is 1. The smallest absolute Gasteiger partial charge is 0.273 e. The Bertz CT molecular complexity index is 1180. The minimum atomic E-state index is -0.418. The summed E-state index contributed by atoms with van der Waals surface area (Å²) in [5.74, 6) is 0.0856. The van der Waals surface area contributed by atoms with Gasteiger partial charge in [0.05, 0.1) is 10.7 Å². The molecular weight excluding hydrogens is 471 g/mol. The van der Waals surface area contributed by atoms with Crippen LogP contribution in [0.1, 0.15) is 48.2 Å². The van der Waals surface area contributed by atoms with Crippen LogP contribution in [0.3, 0.4) is 0 Å². The number of benzene rings is 2. The first kappa shape index (κ1) is 22.5. The summed E-state index contributed by atoms with van der Waals surface area (Å²) in [5, 5.41) is 18.6. The molecule has 1 amide bonds. The third-order valence-electron chi connectivity index (χ3n) is 5.28. The van der Waals surface area contributed by atoms with Crippen LogP contribution in [-0.2, 0) is 0 Å². The number of rotatable bonds is 5. The van der Waals surface area contributed by atoms with Crippen LogP contribution in [0.2, 0.25) is 15.1 Å². The lowest BCUT2D eigenvalue weighted by Crippen LogP contribution is -2.36. The van der Waals surface area contributed by atoms with Gasteiger partial charge in [-0.25, -0.2) is 0 Å². The highest BCUT2D eigenvalue weighted by molar-refractivity contribution is 6.35. The Morgan fingerprint density at radius 3 is 2.41 bits per heavy atom. The quantitative estimate of drug-likeness (QED) is 0.440. The Morgan fingerprint density at radius 2 is 1.75 bits per heavy atom. The molecule has 6 nitrogen and oxygen atoms in total. The van der Waals surface area contributed by atoms with E-state index in [-0.39, 0.29) is 23.2 Å². The van der Waals surface area contributed by atoms with Gasteiger partial charge in [0.25, 0.3) is 5.91 Å². The van der Waals surface area contributed by atoms with Crippen molar-refractivity contribution in [2.45, 2.75) is 38.1 Å². The number of hydrogen-bond donors (Lipinski definition) is 1. The topological polar surface area (TPSA) is 79.9 Å². The molecule has 0 bridgehead atoms. The minimum absolute atomic E-state index is 0.0132. The van der Waals surface area contributed by atoms with Gasteiger partial charge in [0.1, 0.15) is 17.4 Å². The number of nitrogens with one attached hydrogen (secondary N) is 1. The fourth-order valence-electron chi connectivity index (χ4n) is 3.69. The van der Waals surface area contributed by atoms with E-state index >= 15 is 0 Å². The predicted molar refractivity (Wildman–Crippen MR) is 124 cm³/mol. The zero-order valence-corrected chi connectivity index (χ0v) is 19.2. The van der Waals surface area contributed by atoms with Gasteiger partial charge in [0, 0.05) is 16.1 Å². The summed E-state index contributed by atoms with van der Waals surface area (Å²) in [5.41, 5.74) is 0.417. The van der Waals surface area contributed by atoms with Crippen molar-refractivity contribution in [2.24, 2.45) is 0 Å². The number of aromatic nitrogens is 2. The van der Waals surface area contributed by atoms with Crippen LogP contribution >= 0.6 is 34.8 Å². The summed E-state index contributed by atoms with van der Waals surface area (Å²) in [7, 11) is 0. The Hall–Kier alpha value is -2.72. The summed E-state index contributed by atoms with van der Waals surface area (Å²) in [6, 6.07) is 13.6. The molecule has 0 spiro atoms. The first-order valence-electron chi connectivity index (χ1n) is 10.2. The first-order chi connectivity index (χ1) is 15.5. The van der Waals surface area contributed by atoms with Gasteiger partial charge < -0.3 is 10.1 Å². The number of nitriles is 1. The maximum absolute atomic E-state index is 13.1. The van der Waals surface area contributed by atoms with Gasteiger partial charge in [-0.2, -0.15) is 15.0 Å². The molecule has 9 heteroatoms. The van der Waals surface area contributed by atoms with Crippen molar-refractivity contribution in [1.82, 2.24) is 15.1 Å². The van der Waals surface area contributed by atoms with Crippen molar-refractivity contribution < 1.29 is 9.53 Å². The van der Waals surface area contributed by atoms with Crippen molar-refractivity contribution in [3.8, 4) is 23.4 Å². The molecule has 3 aromatic rings. The van der Waals surface area contributed by atoms with Crippen molar-refractivity contribution >= 4 is 40.7 Å². The average Bonchev–Trinajstić information content (AvgIpc) is 3.14. The van der Waals surface area contributed by atoms with E-state index in [9.17, 15) is 10.1 Å². The fourth-order valence-corrected chi connectivity index (χ4v) is 4.30. The SMILES string of the molecule is N#Cc1c(C(=O)NC2CCCCC2)nn(-c2ccc(Cl)cc2Cl)c1Oc1ccc(Cl)cc1. The highest BCUT2D eigenvalue weighted by atomic mass is 35.5. The Balaban J connectivity index is 1.78. The third-order valence-corrected chi connectivity index (χ3v) is 6.07. The lowest BCUT2D eigenvalue weighted by Gasteiger charge is -2.22. The molecule has 0 radical (unpaired) electrons. The van der Waals surface area contributed by atoms with Crippen LogP contribution < -0.4 is 10.1 Å². The molecule has 2 aromatic carbocycles. The fraction of sp³-hybridized carbons (Fsp3) is 0.261. The van der Waals surface area contributed by atoms with E-state index in [0.717, 1.165) is 25.7 Å². The molecule has 0 saturated heterocycles. The second-order valence-electron chi connectivity index (χ2n) is 7.51. The molecule has 0 atom stereocenters. The summed E-state index contributed by atoms with van der Waals surface area (Å²) in [6.45, 7) is 0. The molecule has 0 unspecified atom stereocenters. The highest BCUT2D eigenvalue weighted by Gasteiger charge is 2.28. The van der Waals surface area contributed by atoms with E-state index in [4.69, 9.17) is 39.5 Å². The van der Waals surface area contributed by atoms with Gasteiger partial charge in [0.2, 0.25) is 5.88 Å². The number of carbonyl (C=O) groups is 1. The summed E-state index contributed by atoms with van der Waals surface area (Å²) in [6.07, 6.45) is 5.11. The van der Waals surface area contributed by atoms with Gasteiger partial charge >= 0.3 is 0 Å². The van der Waals surface area contributed by atoms with Crippen LogP contribution in [0, 0.1) is 11.3 Å². The molecule has 32 heavy (non-hydrogen) atoms. The van der Waals surface area contributed by atoms with Gasteiger partial charge in [-0.3, -0.25) is 4.79 Å². The number of amides is 1. The normalized spacial score (nSPS) is 14.1. The number of hydrogen-bond acceptors (Lipinski definition) is 4. The standard InChI is InChI=1S/C23H19Cl3N4O2/c24-14-6-9-17(10-7-14)32-23-18(13-27)21(22(31)28-16-4-2-1-3-5-16)29-30(23)20-11-8-15(25)12-19(20)26/h6-12,16H,1-5H2,(H,28,31). The van der Waals surface area contributed by atoms with Gasteiger partial charge in [-0.05, 0) is 55.3 Å². The highest BCUT2D eigenvalue weighted by Crippen LogP contribution is 2.34. The summed E-state index contributed by atoms with van der Waals surface area (Å²) >= 11 is 18.4. The molecule has 1 aromatic heterocycles. The third kappa shape index (κ3) is 4.86. The Labute approximate surface area is 200 Å². The van der Waals surface area contributed by atoms with Gasteiger partial charge in [-0.15, -0.1) is 0 Å². The molecule has 1 heterocycles. The lowest BCUT2D eigenvalue weighted by atomic mass is 9.95. The zero-order valence-electron chi connectivity index (χ0n) is 16.9. The van der Waals surface area contributed by atoms with Gasteiger partial charge in [-0.1, -0.05) is 54.1 Å². The molecule has 1 N–H and O–H groups in total. The number of halogens is 3. The maximum Gasteiger partial charge on any atom is 0.273 e. The van der Waals surface area contributed by atoms with Crippen molar-refractivity contribution in [2.75, 3.05) is 0 Å². The molecule has 1 fully saturated rings. The first-order valence-corrected chi connectivity index (χ1v) is 11.3. The van der Waals surface area contributed by atoms with Crippen LogP contribution in [0.4, 0.5) is 0 Å². The van der Waals surface area contributed by atoms with Crippen LogP contribution in [0.5, 0.6) is 11.6 Å². The minimum Gasteiger partial charge on any atom is -0.438 e.